The molecule has 2 heterocycles. The normalized spacial score (nSPS) is 21.9. The van der Waals surface area contributed by atoms with Crippen molar-refractivity contribution in [3.63, 3.8) is 0 Å². The first-order valence-corrected chi connectivity index (χ1v) is 12.2. The molecule has 0 amide bonds. The zero-order valence-corrected chi connectivity index (χ0v) is 19.9. The summed E-state index contributed by atoms with van der Waals surface area (Å²) >= 11 is 1.52. The first-order valence-electron chi connectivity index (χ1n) is 11.4. The molecule has 0 bridgehead atoms. The molecule has 5 rings (SSSR count). The second kappa shape index (κ2) is 9.74. The molecular weight excluding hydrogens is 466 g/mol. The number of thiazole rings is 1. The summed E-state index contributed by atoms with van der Waals surface area (Å²) in [5, 5.41) is 47.7. The van der Waals surface area contributed by atoms with Gasteiger partial charge in [0, 0.05) is 24.6 Å². The van der Waals surface area contributed by atoms with Gasteiger partial charge in [-0.1, -0.05) is 30.3 Å². The van der Waals surface area contributed by atoms with Crippen molar-refractivity contribution >= 4 is 33.3 Å². The molecule has 182 valence electrons. The molecule has 1 fully saturated rings. The Morgan fingerprint density at radius 3 is 2.51 bits per heavy atom. The van der Waals surface area contributed by atoms with Gasteiger partial charge in [0.1, 0.15) is 22.7 Å². The Kier molecular flexibility index (Phi) is 6.52. The van der Waals surface area contributed by atoms with Crippen LogP contribution in [0.15, 0.2) is 48.5 Å². The van der Waals surface area contributed by atoms with Crippen LogP contribution in [0.1, 0.15) is 17.7 Å². The molecule has 4 aromatic rings. The third kappa shape index (κ3) is 4.65. The maximum atomic E-state index is 10.6. The predicted molar refractivity (Wildman–Crippen MR) is 135 cm³/mol. The number of nitrogens with one attached hydrogen (secondary N) is 2. The van der Waals surface area contributed by atoms with E-state index in [2.05, 4.69) is 15.6 Å². The molecule has 0 radical (unpaired) electrons. The minimum atomic E-state index is -1.05. The first kappa shape index (κ1) is 23.4. The maximum absolute atomic E-state index is 10.6. The van der Waals surface area contributed by atoms with Crippen LogP contribution in [-0.4, -0.2) is 60.2 Å². The summed E-state index contributed by atoms with van der Waals surface area (Å²) in [7, 11) is 0. The number of hydrogen-bond donors (Lipinski definition) is 6. The molecule has 1 aliphatic carbocycles. The van der Waals surface area contributed by atoms with Gasteiger partial charge in [-0.05, 0) is 31.5 Å². The lowest BCUT2D eigenvalue weighted by atomic mass is 10.1. The van der Waals surface area contributed by atoms with Gasteiger partial charge in [-0.25, -0.2) is 9.97 Å². The Bertz CT molecular complexity index is 1310. The van der Waals surface area contributed by atoms with E-state index >= 15 is 0 Å². The smallest absolute Gasteiger partial charge is 0.225 e. The third-order valence-corrected chi connectivity index (χ3v) is 7.44. The van der Waals surface area contributed by atoms with Gasteiger partial charge in [0.2, 0.25) is 5.95 Å². The average molecular weight is 494 g/mol. The highest BCUT2D eigenvalue weighted by Gasteiger charge is 2.41. The van der Waals surface area contributed by atoms with Gasteiger partial charge >= 0.3 is 0 Å². The van der Waals surface area contributed by atoms with Crippen molar-refractivity contribution in [3.05, 3.63) is 59.8 Å². The monoisotopic (exact) mass is 493 g/mol. The summed E-state index contributed by atoms with van der Waals surface area (Å²) in [4.78, 5) is 14.1. The maximum Gasteiger partial charge on any atom is 0.225 e. The largest absolute Gasteiger partial charge is 0.508 e. The predicted octanol–water partition coefficient (Wildman–Crippen LogP) is 2.89. The fourth-order valence-corrected chi connectivity index (χ4v) is 5.51. The quantitative estimate of drug-likeness (QED) is 0.229. The van der Waals surface area contributed by atoms with Crippen LogP contribution in [0.3, 0.4) is 0 Å². The van der Waals surface area contributed by atoms with E-state index in [0.717, 1.165) is 15.2 Å². The Morgan fingerprint density at radius 2 is 1.77 bits per heavy atom. The lowest BCUT2D eigenvalue weighted by Crippen LogP contribution is -2.35. The summed E-state index contributed by atoms with van der Waals surface area (Å²) in [6, 6.07) is 14.4. The molecule has 1 saturated carbocycles. The lowest BCUT2D eigenvalue weighted by molar-refractivity contribution is 0.00446. The molecule has 35 heavy (non-hydrogen) atoms. The average Bonchev–Trinajstić information content (AvgIpc) is 3.39. The first-order chi connectivity index (χ1) is 16.9. The van der Waals surface area contributed by atoms with Gasteiger partial charge in [-0.3, -0.25) is 0 Å². The van der Waals surface area contributed by atoms with Crippen LogP contribution in [0.2, 0.25) is 0 Å². The van der Waals surface area contributed by atoms with Crippen molar-refractivity contribution < 1.29 is 20.4 Å². The Morgan fingerprint density at radius 1 is 1.00 bits per heavy atom. The molecule has 2 aromatic carbocycles. The molecule has 0 unspecified atom stereocenters. The summed E-state index contributed by atoms with van der Waals surface area (Å²) in [6.07, 6.45) is -1.68. The Hall–Kier alpha value is -3.31. The number of aliphatic hydroxyl groups is 3. The number of aromatic hydroxyl groups is 1. The molecule has 6 N–H and O–H groups in total. The van der Waals surface area contributed by atoms with Crippen LogP contribution < -0.4 is 10.6 Å². The van der Waals surface area contributed by atoms with E-state index < -0.39 is 24.2 Å². The molecule has 1 aliphatic rings. The van der Waals surface area contributed by atoms with Crippen LogP contribution >= 0.6 is 11.3 Å². The summed E-state index contributed by atoms with van der Waals surface area (Å²) < 4.78 is 1.03. The number of rotatable bonds is 7. The summed E-state index contributed by atoms with van der Waals surface area (Å²) in [6.45, 7) is 1.98. The van der Waals surface area contributed by atoms with Crippen LogP contribution in [0.5, 0.6) is 5.75 Å². The summed E-state index contributed by atoms with van der Waals surface area (Å²) in [5.74, 6) is 0.588. The fraction of sp³-hybridized carbons (Fsp3) is 0.320. The number of phenols is 1. The Balaban J connectivity index is 1.52. The van der Waals surface area contributed by atoms with E-state index in [1.54, 1.807) is 12.1 Å². The summed E-state index contributed by atoms with van der Waals surface area (Å²) in [5.41, 5.74) is 2.98. The zero-order chi connectivity index (χ0) is 24.5. The number of aromatic nitrogens is 3. The van der Waals surface area contributed by atoms with E-state index in [0.29, 0.717) is 41.6 Å². The van der Waals surface area contributed by atoms with Crippen molar-refractivity contribution in [2.24, 2.45) is 5.92 Å². The van der Waals surface area contributed by atoms with Crippen LogP contribution in [0.4, 0.5) is 11.8 Å². The molecule has 0 saturated heterocycles. The molecule has 0 spiro atoms. The number of aryl methyl sites for hydroxylation is 1. The van der Waals surface area contributed by atoms with Crippen LogP contribution in [0, 0.1) is 12.8 Å². The van der Waals surface area contributed by atoms with Gasteiger partial charge in [0.15, 0.2) is 0 Å². The van der Waals surface area contributed by atoms with E-state index in [9.17, 15) is 20.4 Å². The fourth-order valence-electron chi connectivity index (χ4n) is 4.45. The number of para-hydroxylation sites is 2. The number of hydrogen-bond acceptors (Lipinski definition) is 10. The number of nitrogens with zero attached hydrogens (tertiary/aromatic N) is 3. The second-order valence-electron chi connectivity index (χ2n) is 8.74. The second-order valence-corrected chi connectivity index (χ2v) is 9.77. The van der Waals surface area contributed by atoms with Crippen molar-refractivity contribution in [2.75, 3.05) is 17.2 Å². The highest BCUT2D eigenvalue weighted by molar-refractivity contribution is 7.21. The Labute approximate surface area is 206 Å². The van der Waals surface area contributed by atoms with E-state index in [1.165, 1.54) is 11.3 Å². The third-order valence-electron chi connectivity index (χ3n) is 6.38. The topological polar surface area (TPSA) is 144 Å². The van der Waals surface area contributed by atoms with E-state index in [4.69, 9.17) is 9.97 Å². The standard InChI is InChI=1S/C25H27N5O4S/c1-13-20(24-29-16-7-3-5-9-19(16)35-24)23(28-17-10-15(12-31)21(33)22(17)34)30-25(27-13)26-11-14-6-2-4-8-18(14)32/h2-9,15,17,21-22,31-34H,10-12H2,1H3,(H2,26,27,28,30)/t15-,17-,21-,22+/m1/s1. The van der Waals surface area contributed by atoms with Gasteiger partial charge in [-0.2, -0.15) is 4.98 Å². The van der Waals surface area contributed by atoms with Gasteiger partial charge in [-0.15, -0.1) is 11.3 Å². The number of phenolic OH excluding ortho intramolecular Hbond substituents is 1. The highest BCUT2D eigenvalue weighted by atomic mass is 32.1. The molecule has 9 nitrogen and oxygen atoms in total. The molecule has 2 aromatic heterocycles. The number of aliphatic hydroxyl groups excluding tert-OH is 3. The molecule has 10 heteroatoms. The number of fused-ring (bicyclic) bond motifs is 1. The van der Waals surface area contributed by atoms with Crippen LogP contribution in [-0.2, 0) is 6.54 Å². The number of benzene rings is 2. The van der Waals surface area contributed by atoms with Gasteiger partial charge < -0.3 is 31.1 Å². The zero-order valence-electron chi connectivity index (χ0n) is 19.1. The van der Waals surface area contributed by atoms with E-state index in [-0.39, 0.29) is 12.4 Å². The van der Waals surface area contributed by atoms with Crippen molar-refractivity contribution in [1.82, 2.24) is 15.0 Å². The SMILES string of the molecule is Cc1nc(NCc2ccccc2O)nc(N[C@@H]2C[C@H](CO)[C@@H](O)[C@H]2O)c1-c1nc2ccccc2s1. The lowest BCUT2D eigenvalue weighted by Gasteiger charge is -2.21. The molecule has 4 atom stereocenters. The number of anilines is 2. The minimum Gasteiger partial charge on any atom is -0.508 e. The highest BCUT2D eigenvalue weighted by Crippen LogP contribution is 2.38. The minimum absolute atomic E-state index is 0.180. The van der Waals surface area contributed by atoms with Gasteiger partial charge in [0.05, 0.1) is 33.6 Å². The molecule has 0 aliphatic heterocycles. The van der Waals surface area contributed by atoms with Crippen molar-refractivity contribution in [3.8, 4) is 16.3 Å². The van der Waals surface area contributed by atoms with Crippen LogP contribution in [0.25, 0.3) is 20.8 Å². The van der Waals surface area contributed by atoms with Gasteiger partial charge in [0.25, 0.3) is 0 Å². The molecular formula is C25H27N5O4S. The van der Waals surface area contributed by atoms with Crippen molar-refractivity contribution in [1.29, 1.82) is 0 Å². The van der Waals surface area contributed by atoms with Crippen molar-refractivity contribution in [2.45, 2.75) is 38.1 Å². The van der Waals surface area contributed by atoms with E-state index in [1.807, 2.05) is 43.3 Å².